The molecule has 1 rings (SSSR count). The van der Waals surface area contributed by atoms with Gasteiger partial charge in [0.1, 0.15) is 0 Å². The Labute approximate surface area is 43.0 Å². The average molecular weight is 95.1 g/mol. The predicted molar refractivity (Wildman–Crippen MR) is 27.7 cm³/mol. The molecular weight excluding hydrogens is 88.1 g/mol. The van der Waals surface area contributed by atoms with Gasteiger partial charge in [-0.25, -0.2) is 0 Å². The van der Waals surface area contributed by atoms with Gasteiger partial charge in [0.25, 0.3) is 0 Å². The van der Waals surface area contributed by atoms with Crippen LogP contribution in [-0.4, -0.2) is 5.78 Å². The molecule has 0 atom stereocenters. The summed E-state index contributed by atoms with van der Waals surface area (Å²) in [6.45, 7) is 1.94. The molecule has 1 nitrogen and oxygen atoms in total. The first-order valence-corrected chi connectivity index (χ1v) is 2.33. The Hall–Kier alpha value is -0.590. The summed E-state index contributed by atoms with van der Waals surface area (Å²) >= 11 is 0. The van der Waals surface area contributed by atoms with Crippen molar-refractivity contribution in [3.8, 4) is 0 Å². The van der Waals surface area contributed by atoms with E-state index in [1.807, 2.05) is 13.3 Å². The van der Waals surface area contributed by atoms with Gasteiger partial charge in [-0.3, -0.25) is 4.79 Å². The van der Waals surface area contributed by atoms with Crippen LogP contribution in [0.1, 0.15) is 13.3 Å². The lowest BCUT2D eigenvalue weighted by molar-refractivity contribution is -0.113. The first kappa shape index (κ1) is 4.57. The lowest BCUT2D eigenvalue weighted by atomic mass is 10.3. The van der Waals surface area contributed by atoms with Crippen LogP contribution in [0, 0.1) is 6.42 Å². The van der Waals surface area contributed by atoms with Crippen molar-refractivity contribution in [3.05, 3.63) is 18.1 Å². The quantitative estimate of drug-likeness (QED) is 0.440. The topological polar surface area (TPSA) is 17.1 Å². The highest BCUT2D eigenvalue weighted by Gasteiger charge is 2.06. The molecule has 1 aliphatic rings. The molecule has 0 saturated heterocycles. The van der Waals surface area contributed by atoms with Gasteiger partial charge in [-0.15, -0.1) is 0 Å². The van der Waals surface area contributed by atoms with Crippen molar-refractivity contribution in [2.24, 2.45) is 0 Å². The number of carbonyl (C=O) groups is 1. The number of carbonyl (C=O) groups excluding carboxylic acids is 1. The van der Waals surface area contributed by atoms with E-state index in [0.29, 0.717) is 6.42 Å². The van der Waals surface area contributed by atoms with Gasteiger partial charge in [-0.05, 0) is 19.4 Å². The summed E-state index contributed by atoms with van der Waals surface area (Å²) in [5, 5.41) is 0. The molecule has 1 radical (unpaired) electrons. The van der Waals surface area contributed by atoms with Crippen LogP contribution >= 0.6 is 0 Å². The first-order valence-electron chi connectivity index (χ1n) is 2.33. The molecule has 7 heavy (non-hydrogen) atoms. The van der Waals surface area contributed by atoms with Gasteiger partial charge in [-0.1, -0.05) is 5.57 Å². The number of allylic oxidation sites excluding steroid dienone is 2. The standard InChI is InChI=1S/C6H7O/c1-5-2-3-6(7)4-5/h2,4H,3H2,1H3. The Kier molecular flexibility index (Phi) is 0.970. The minimum absolute atomic E-state index is 0.234. The molecule has 0 saturated carbocycles. The third kappa shape index (κ3) is 0.889. The summed E-state index contributed by atoms with van der Waals surface area (Å²) < 4.78 is 0. The second-order valence-electron chi connectivity index (χ2n) is 1.76. The van der Waals surface area contributed by atoms with Crippen LogP contribution < -0.4 is 0 Å². The van der Waals surface area contributed by atoms with E-state index in [2.05, 4.69) is 0 Å². The van der Waals surface area contributed by atoms with Crippen LogP contribution in [0.2, 0.25) is 0 Å². The van der Waals surface area contributed by atoms with Gasteiger partial charge in [0.15, 0.2) is 5.78 Å². The van der Waals surface area contributed by atoms with E-state index in [0.717, 1.165) is 5.57 Å². The Morgan fingerprint density at radius 1 is 1.71 bits per heavy atom. The van der Waals surface area contributed by atoms with Crippen molar-refractivity contribution in [1.29, 1.82) is 0 Å². The number of hydrogen-bond donors (Lipinski definition) is 0. The van der Waals surface area contributed by atoms with Gasteiger partial charge < -0.3 is 0 Å². The van der Waals surface area contributed by atoms with Gasteiger partial charge in [0.05, 0.1) is 0 Å². The van der Waals surface area contributed by atoms with E-state index in [1.165, 1.54) is 0 Å². The summed E-state index contributed by atoms with van der Waals surface area (Å²) in [7, 11) is 0. The van der Waals surface area contributed by atoms with Gasteiger partial charge in [-0.2, -0.15) is 0 Å². The van der Waals surface area contributed by atoms with E-state index < -0.39 is 0 Å². The van der Waals surface area contributed by atoms with Crippen molar-refractivity contribution in [3.63, 3.8) is 0 Å². The maximum absolute atomic E-state index is 10.3. The molecular formula is C6H7O. The zero-order valence-corrected chi connectivity index (χ0v) is 4.27. The minimum Gasteiger partial charge on any atom is -0.295 e. The minimum atomic E-state index is 0.234. The highest BCUT2D eigenvalue weighted by Crippen LogP contribution is 2.10. The third-order valence-electron chi connectivity index (χ3n) is 1.01. The maximum Gasteiger partial charge on any atom is 0.156 e. The zero-order valence-electron chi connectivity index (χ0n) is 4.27. The molecule has 0 spiro atoms. The predicted octanol–water partition coefficient (Wildman–Crippen LogP) is 1.11. The fraction of sp³-hybridized carbons (Fsp3) is 0.333. The highest BCUT2D eigenvalue weighted by molar-refractivity contribution is 5.94. The van der Waals surface area contributed by atoms with Crippen LogP contribution in [0.4, 0.5) is 0 Å². The van der Waals surface area contributed by atoms with Crippen molar-refractivity contribution >= 4 is 5.78 Å². The van der Waals surface area contributed by atoms with Crippen molar-refractivity contribution < 1.29 is 4.79 Å². The van der Waals surface area contributed by atoms with Gasteiger partial charge in [0.2, 0.25) is 0 Å². The van der Waals surface area contributed by atoms with Crippen LogP contribution in [0.15, 0.2) is 11.6 Å². The molecule has 0 aromatic rings. The number of hydrogen-bond acceptors (Lipinski definition) is 1. The molecule has 0 unspecified atom stereocenters. The SMILES string of the molecule is CC1=CC(=O)C[CH]1. The molecule has 37 valence electrons. The van der Waals surface area contributed by atoms with Crippen LogP contribution in [0.3, 0.4) is 0 Å². The Balaban J connectivity index is 2.67. The Morgan fingerprint density at radius 3 is 2.57 bits per heavy atom. The first-order chi connectivity index (χ1) is 3.29. The summed E-state index contributed by atoms with van der Waals surface area (Å²) in [5.41, 5.74) is 1.10. The molecule has 0 aromatic carbocycles. The fourth-order valence-electron chi connectivity index (χ4n) is 0.633. The smallest absolute Gasteiger partial charge is 0.156 e. The largest absolute Gasteiger partial charge is 0.295 e. The second-order valence-corrected chi connectivity index (χ2v) is 1.76. The Morgan fingerprint density at radius 2 is 2.43 bits per heavy atom. The van der Waals surface area contributed by atoms with Crippen molar-refractivity contribution in [1.82, 2.24) is 0 Å². The van der Waals surface area contributed by atoms with E-state index in [9.17, 15) is 4.79 Å². The molecule has 0 aliphatic heterocycles. The summed E-state index contributed by atoms with van der Waals surface area (Å²) in [5.74, 6) is 0.234. The van der Waals surface area contributed by atoms with Crippen molar-refractivity contribution in [2.45, 2.75) is 13.3 Å². The van der Waals surface area contributed by atoms with E-state index in [-0.39, 0.29) is 5.78 Å². The molecule has 1 aliphatic carbocycles. The van der Waals surface area contributed by atoms with Crippen LogP contribution in [-0.2, 0) is 4.79 Å². The number of ketones is 1. The highest BCUT2D eigenvalue weighted by atomic mass is 16.1. The van der Waals surface area contributed by atoms with E-state index in [1.54, 1.807) is 6.08 Å². The molecule has 0 bridgehead atoms. The fourth-order valence-corrected chi connectivity index (χ4v) is 0.633. The normalized spacial score (nSPS) is 20.1. The molecule has 0 aromatic heterocycles. The second kappa shape index (κ2) is 1.49. The summed E-state index contributed by atoms with van der Waals surface area (Å²) in [6.07, 6.45) is 4.22. The van der Waals surface area contributed by atoms with Gasteiger partial charge >= 0.3 is 0 Å². The monoisotopic (exact) mass is 95.0 g/mol. The lowest BCUT2D eigenvalue weighted by Crippen LogP contribution is -1.80. The molecule has 0 fully saturated rings. The number of rotatable bonds is 0. The zero-order chi connectivity index (χ0) is 5.28. The summed E-state index contributed by atoms with van der Waals surface area (Å²) in [6, 6.07) is 0. The molecule has 0 heterocycles. The van der Waals surface area contributed by atoms with E-state index >= 15 is 0 Å². The van der Waals surface area contributed by atoms with E-state index in [4.69, 9.17) is 0 Å². The van der Waals surface area contributed by atoms with Gasteiger partial charge in [0, 0.05) is 6.42 Å². The van der Waals surface area contributed by atoms with Crippen LogP contribution in [0.5, 0.6) is 0 Å². The van der Waals surface area contributed by atoms with Crippen molar-refractivity contribution in [2.75, 3.05) is 0 Å². The maximum atomic E-state index is 10.3. The molecule has 0 amide bonds. The summed E-state index contributed by atoms with van der Waals surface area (Å²) in [4.78, 5) is 10.3. The third-order valence-corrected chi connectivity index (χ3v) is 1.01. The Bertz CT molecular complexity index is 122. The van der Waals surface area contributed by atoms with Crippen LogP contribution in [0.25, 0.3) is 0 Å². The lowest BCUT2D eigenvalue weighted by Gasteiger charge is -1.77. The average Bonchev–Trinajstić information content (AvgIpc) is 1.87. The molecule has 1 heteroatoms. The molecule has 0 N–H and O–H groups in total.